The summed E-state index contributed by atoms with van der Waals surface area (Å²) in [4.78, 5) is 10.3. The summed E-state index contributed by atoms with van der Waals surface area (Å²) in [5.41, 5.74) is 2.14. The average molecular weight is 217 g/mol. The molecule has 0 aliphatic heterocycles. The Labute approximate surface area is 87.7 Å². The Morgan fingerprint density at radius 1 is 1.54 bits per heavy atom. The van der Waals surface area contributed by atoms with Crippen molar-refractivity contribution < 1.29 is 4.79 Å². The van der Waals surface area contributed by atoms with E-state index < -0.39 is 5.38 Å². The molecule has 0 saturated carbocycles. The number of aldehydes is 1. The molecular weight excluding hydrogens is 207 g/mol. The summed E-state index contributed by atoms with van der Waals surface area (Å²) >= 11 is 11.5. The van der Waals surface area contributed by atoms with Gasteiger partial charge in [-0.15, -0.1) is 11.6 Å². The van der Waals surface area contributed by atoms with E-state index in [1.807, 2.05) is 25.1 Å². The van der Waals surface area contributed by atoms with Crippen molar-refractivity contribution in [3.8, 4) is 0 Å². The molecule has 0 heterocycles. The van der Waals surface area contributed by atoms with Gasteiger partial charge in [0.05, 0.1) is 5.38 Å². The van der Waals surface area contributed by atoms with Crippen LogP contribution in [-0.4, -0.2) is 11.7 Å². The van der Waals surface area contributed by atoms with Crippen LogP contribution in [0.1, 0.15) is 11.1 Å². The summed E-state index contributed by atoms with van der Waals surface area (Å²) < 4.78 is 0. The molecule has 1 unspecified atom stereocenters. The van der Waals surface area contributed by atoms with Gasteiger partial charge in [0.15, 0.2) is 0 Å². The minimum Gasteiger partial charge on any atom is -0.302 e. The molecular formula is C10H10Cl2O. The number of rotatable bonds is 3. The summed E-state index contributed by atoms with van der Waals surface area (Å²) in [6, 6.07) is 5.59. The first-order valence-corrected chi connectivity index (χ1v) is 4.79. The highest BCUT2D eigenvalue weighted by molar-refractivity contribution is 6.30. The molecule has 1 atom stereocenters. The van der Waals surface area contributed by atoms with Gasteiger partial charge in [0.2, 0.25) is 0 Å². The highest BCUT2D eigenvalue weighted by atomic mass is 35.5. The number of aryl methyl sites for hydroxylation is 1. The fraction of sp³-hybridized carbons (Fsp3) is 0.300. The summed E-state index contributed by atoms with van der Waals surface area (Å²) in [7, 11) is 0. The van der Waals surface area contributed by atoms with Gasteiger partial charge >= 0.3 is 0 Å². The lowest BCUT2D eigenvalue weighted by Gasteiger charge is -2.06. The zero-order valence-electron chi connectivity index (χ0n) is 7.26. The van der Waals surface area contributed by atoms with Crippen LogP contribution < -0.4 is 0 Å². The monoisotopic (exact) mass is 216 g/mol. The zero-order chi connectivity index (χ0) is 9.84. The van der Waals surface area contributed by atoms with E-state index in [4.69, 9.17) is 23.2 Å². The third kappa shape index (κ3) is 3.02. The molecule has 0 aliphatic rings. The third-order valence-electron chi connectivity index (χ3n) is 1.87. The fourth-order valence-electron chi connectivity index (χ4n) is 1.12. The molecule has 3 heteroatoms. The Hall–Kier alpha value is -0.530. The average Bonchev–Trinajstić information content (AvgIpc) is 2.11. The Bertz CT molecular complexity index is 310. The minimum absolute atomic E-state index is 0.461. The second kappa shape index (κ2) is 4.64. The van der Waals surface area contributed by atoms with Crippen molar-refractivity contribution in [1.29, 1.82) is 0 Å². The SMILES string of the molecule is Cc1ccc(Cl)cc1CC(Cl)C=O. The molecule has 0 amide bonds. The van der Waals surface area contributed by atoms with Crippen molar-refractivity contribution in [2.45, 2.75) is 18.7 Å². The van der Waals surface area contributed by atoms with Gasteiger partial charge in [-0.25, -0.2) is 0 Å². The number of carbonyl (C=O) groups is 1. The molecule has 1 rings (SSSR count). The van der Waals surface area contributed by atoms with Crippen LogP contribution in [0.3, 0.4) is 0 Å². The van der Waals surface area contributed by atoms with Crippen molar-refractivity contribution in [2.75, 3.05) is 0 Å². The molecule has 70 valence electrons. The Balaban J connectivity index is 2.86. The topological polar surface area (TPSA) is 17.1 Å². The van der Waals surface area contributed by atoms with Crippen LogP contribution in [0.4, 0.5) is 0 Å². The van der Waals surface area contributed by atoms with E-state index in [9.17, 15) is 4.79 Å². The second-order valence-corrected chi connectivity index (χ2v) is 3.92. The molecule has 0 aliphatic carbocycles. The zero-order valence-corrected chi connectivity index (χ0v) is 8.77. The van der Waals surface area contributed by atoms with Gasteiger partial charge in [0.25, 0.3) is 0 Å². The van der Waals surface area contributed by atoms with Crippen LogP contribution in [-0.2, 0) is 11.2 Å². The molecule has 0 spiro atoms. The molecule has 1 nitrogen and oxygen atoms in total. The van der Waals surface area contributed by atoms with Crippen LogP contribution in [0.2, 0.25) is 5.02 Å². The summed E-state index contributed by atoms with van der Waals surface area (Å²) in [5, 5.41) is 0.215. The van der Waals surface area contributed by atoms with Gasteiger partial charge in [-0.2, -0.15) is 0 Å². The highest BCUT2D eigenvalue weighted by Crippen LogP contribution is 2.17. The van der Waals surface area contributed by atoms with E-state index in [0.717, 1.165) is 17.4 Å². The fourth-order valence-corrected chi connectivity index (χ4v) is 1.48. The molecule has 1 aromatic carbocycles. The number of carbonyl (C=O) groups excluding carboxylic acids is 1. The molecule has 0 N–H and O–H groups in total. The number of benzene rings is 1. The minimum atomic E-state index is -0.461. The van der Waals surface area contributed by atoms with E-state index >= 15 is 0 Å². The quantitative estimate of drug-likeness (QED) is 0.561. The van der Waals surface area contributed by atoms with E-state index in [0.29, 0.717) is 11.4 Å². The van der Waals surface area contributed by atoms with Gasteiger partial charge in [0, 0.05) is 5.02 Å². The van der Waals surface area contributed by atoms with Crippen molar-refractivity contribution in [1.82, 2.24) is 0 Å². The number of alkyl halides is 1. The molecule has 0 bridgehead atoms. The van der Waals surface area contributed by atoms with Crippen molar-refractivity contribution in [3.05, 3.63) is 34.3 Å². The molecule has 0 radical (unpaired) electrons. The number of hydrogen-bond donors (Lipinski definition) is 0. The number of hydrogen-bond acceptors (Lipinski definition) is 1. The lowest BCUT2D eigenvalue weighted by atomic mass is 10.0. The van der Waals surface area contributed by atoms with Crippen LogP contribution in [0.5, 0.6) is 0 Å². The van der Waals surface area contributed by atoms with E-state index in [1.54, 1.807) is 0 Å². The maximum atomic E-state index is 10.3. The summed E-state index contributed by atoms with van der Waals surface area (Å²) in [6.07, 6.45) is 1.28. The first-order chi connectivity index (χ1) is 6.13. The lowest BCUT2D eigenvalue weighted by Crippen LogP contribution is -2.05. The number of halogens is 2. The molecule has 1 aromatic rings. The van der Waals surface area contributed by atoms with Gasteiger partial charge in [-0.1, -0.05) is 17.7 Å². The lowest BCUT2D eigenvalue weighted by molar-refractivity contribution is -0.107. The summed E-state index contributed by atoms with van der Waals surface area (Å²) in [5.74, 6) is 0. The normalized spacial score (nSPS) is 12.5. The van der Waals surface area contributed by atoms with E-state index in [2.05, 4.69) is 0 Å². The predicted octanol–water partition coefficient (Wildman–Crippen LogP) is 3.00. The first-order valence-electron chi connectivity index (χ1n) is 3.98. The first kappa shape index (κ1) is 10.6. The Morgan fingerprint density at radius 2 is 2.23 bits per heavy atom. The molecule has 0 fully saturated rings. The smallest absolute Gasteiger partial charge is 0.138 e. The predicted molar refractivity (Wildman–Crippen MR) is 55.6 cm³/mol. The van der Waals surface area contributed by atoms with Crippen molar-refractivity contribution >= 4 is 29.5 Å². The van der Waals surface area contributed by atoms with E-state index in [1.165, 1.54) is 0 Å². The molecule has 13 heavy (non-hydrogen) atoms. The van der Waals surface area contributed by atoms with E-state index in [-0.39, 0.29) is 0 Å². The van der Waals surface area contributed by atoms with Gasteiger partial charge < -0.3 is 4.79 Å². The van der Waals surface area contributed by atoms with Gasteiger partial charge in [-0.3, -0.25) is 0 Å². The second-order valence-electron chi connectivity index (χ2n) is 2.93. The highest BCUT2D eigenvalue weighted by Gasteiger charge is 2.06. The summed E-state index contributed by atoms with van der Waals surface area (Å²) in [6.45, 7) is 1.97. The van der Waals surface area contributed by atoms with Gasteiger partial charge in [-0.05, 0) is 36.6 Å². The largest absolute Gasteiger partial charge is 0.302 e. The third-order valence-corrected chi connectivity index (χ3v) is 2.37. The standard InChI is InChI=1S/C10H10Cl2O/c1-7-2-3-9(11)4-8(7)5-10(12)6-13/h2-4,6,10H,5H2,1H3. The van der Waals surface area contributed by atoms with Crippen LogP contribution in [0, 0.1) is 6.92 Å². The van der Waals surface area contributed by atoms with Crippen molar-refractivity contribution in [3.63, 3.8) is 0 Å². The van der Waals surface area contributed by atoms with Gasteiger partial charge in [0.1, 0.15) is 6.29 Å². The van der Waals surface area contributed by atoms with Crippen LogP contribution in [0.15, 0.2) is 18.2 Å². The molecule has 0 aromatic heterocycles. The Morgan fingerprint density at radius 3 is 2.85 bits per heavy atom. The Kier molecular flexibility index (Phi) is 3.76. The molecule has 0 saturated heterocycles. The van der Waals surface area contributed by atoms with Crippen LogP contribution >= 0.6 is 23.2 Å². The van der Waals surface area contributed by atoms with Crippen LogP contribution in [0.25, 0.3) is 0 Å². The van der Waals surface area contributed by atoms with Crippen molar-refractivity contribution in [2.24, 2.45) is 0 Å². The maximum absolute atomic E-state index is 10.3. The maximum Gasteiger partial charge on any atom is 0.138 e.